The summed E-state index contributed by atoms with van der Waals surface area (Å²) in [6.07, 6.45) is 15.4. The van der Waals surface area contributed by atoms with Crippen LogP contribution in [-0.4, -0.2) is 5.78 Å². The molecule has 2 aromatic rings. The van der Waals surface area contributed by atoms with Crippen LogP contribution in [0.2, 0.25) is 0 Å². The molecule has 6 rings (SSSR count). The van der Waals surface area contributed by atoms with Gasteiger partial charge in [-0.25, -0.2) is 0 Å². The van der Waals surface area contributed by atoms with Crippen LogP contribution in [0.3, 0.4) is 0 Å². The summed E-state index contributed by atoms with van der Waals surface area (Å²) in [7, 11) is 0. The van der Waals surface area contributed by atoms with Crippen molar-refractivity contribution in [3.8, 4) is 0 Å². The largest absolute Gasteiger partial charge is 0.300 e. The van der Waals surface area contributed by atoms with E-state index in [1.54, 1.807) is 11.1 Å². The molecule has 2 spiro atoms. The number of rotatable bonds is 0. The molecule has 2 unspecified atom stereocenters. The second kappa shape index (κ2) is 8.41. The van der Waals surface area contributed by atoms with Gasteiger partial charge in [0.1, 0.15) is 5.78 Å². The fourth-order valence-electron chi connectivity index (χ4n) is 7.17. The van der Waals surface area contributed by atoms with Crippen molar-refractivity contribution in [2.75, 3.05) is 0 Å². The second-order valence-electron chi connectivity index (χ2n) is 10.6. The lowest BCUT2D eigenvalue weighted by Gasteiger charge is -2.41. The van der Waals surface area contributed by atoms with Gasteiger partial charge in [-0.05, 0) is 98.3 Å². The third-order valence-corrected chi connectivity index (χ3v) is 8.57. The van der Waals surface area contributed by atoms with Gasteiger partial charge in [0.25, 0.3) is 0 Å². The highest BCUT2D eigenvalue weighted by molar-refractivity contribution is 5.81. The van der Waals surface area contributed by atoms with Crippen LogP contribution < -0.4 is 0 Å². The van der Waals surface area contributed by atoms with E-state index in [0.717, 1.165) is 19.3 Å². The Bertz CT molecular complexity index is 981. The molecule has 0 bridgehead atoms. The summed E-state index contributed by atoms with van der Waals surface area (Å²) in [5, 5.41) is 0. The number of ketones is 1. The maximum atomic E-state index is 11.7. The molecule has 2 fully saturated rings. The van der Waals surface area contributed by atoms with Crippen molar-refractivity contribution < 1.29 is 4.79 Å². The molecule has 0 aromatic heterocycles. The Morgan fingerprint density at radius 1 is 0.613 bits per heavy atom. The summed E-state index contributed by atoms with van der Waals surface area (Å²) in [5.41, 5.74) is 8.35. The smallest absolute Gasteiger partial charge is 0.133 e. The highest BCUT2D eigenvalue weighted by Crippen LogP contribution is 2.49. The van der Waals surface area contributed by atoms with Crippen molar-refractivity contribution >= 4 is 5.78 Å². The zero-order valence-electron chi connectivity index (χ0n) is 18.9. The second-order valence-corrected chi connectivity index (χ2v) is 10.6. The molecule has 0 radical (unpaired) electrons. The average Bonchev–Trinajstić information content (AvgIpc) is 3.12. The van der Waals surface area contributed by atoms with Crippen LogP contribution in [0.15, 0.2) is 60.7 Å². The molecule has 0 aliphatic heterocycles. The quantitative estimate of drug-likeness (QED) is 0.412. The van der Waals surface area contributed by atoms with E-state index in [9.17, 15) is 4.79 Å². The monoisotopic (exact) mass is 412 g/mol. The van der Waals surface area contributed by atoms with Gasteiger partial charge in [0.15, 0.2) is 0 Å². The van der Waals surface area contributed by atoms with Gasteiger partial charge in [0.2, 0.25) is 0 Å². The standard InChI is InChI=1S/C15H18O.C15H18/c16-13-7-4-10-15(11-13)9-3-6-12-5-1-2-8-14(12)15;1-12-5-4-9-15(11-12)10-8-13-6-2-3-7-14(13)15/h1-2,5,8H,3-4,6-7,9-11H2;2-3,6-7H,1,4-5,8-11H2. The van der Waals surface area contributed by atoms with Crippen LogP contribution in [-0.2, 0) is 28.5 Å². The van der Waals surface area contributed by atoms with Gasteiger partial charge in [0, 0.05) is 18.3 Å². The molecule has 2 saturated carbocycles. The lowest BCUT2D eigenvalue weighted by molar-refractivity contribution is -0.122. The van der Waals surface area contributed by atoms with E-state index in [1.807, 2.05) is 0 Å². The van der Waals surface area contributed by atoms with Crippen LogP contribution in [0.1, 0.15) is 92.9 Å². The van der Waals surface area contributed by atoms with Gasteiger partial charge in [0.05, 0.1) is 0 Å². The van der Waals surface area contributed by atoms with E-state index in [2.05, 4.69) is 55.1 Å². The van der Waals surface area contributed by atoms with E-state index >= 15 is 0 Å². The Hall–Kier alpha value is -2.15. The number of Topliss-reactive ketones (excluding diaryl/α,β-unsaturated/α-hetero) is 1. The molecule has 1 nitrogen and oxygen atoms in total. The number of hydrogen-bond donors (Lipinski definition) is 0. The van der Waals surface area contributed by atoms with Gasteiger partial charge in [-0.15, -0.1) is 0 Å². The minimum absolute atomic E-state index is 0.212. The lowest BCUT2D eigenvalue weighted by atomic mass is 9.62. The molecule has 0 N–H and O–H groups in total. The molecule has 4 aliphatic rings. The van der Waals surface area contributed by atoms with E-state index < -0.39 is 0 Å². The molecule has 0 saturated heterocycles. The van der Waals surface area contributed by atoms with E-state index in [-0.39, 0.29) is 5.41 Å². The first kappa shape index (κ1) is 20.7. The predicted molar refractivity (Wildman–Crippen MR) is 129 cm³/mol. The van der Waals surface area contributed by atoms with Crippen LogP contribution >= 0.6 is 0 Å². The van der Waals surface area contributed by atoms with Gasteiger partial charge >= 0.3 is 0 Å². The van der Waals surface area contributed by atoms with Crippen molar-refractivity contribution in [2.24, 2.45) is 0 Å². The van der Waals surface area contributed by atoms with Crippen molar-refractivity contribution in [1.82, 2.24) is 0 Å². The summed E-state index contributed by atoms with van der Waals surface area (Å²) < 4.78 is 0. The molecular weight excluding hydrogens is 376 g/mol. The Kier molecular flexibility index (Phi) is 5.63. The van der Waals surface area contributed by atoms with Gasteiger partial charge in [-0.3, -0.25) is 4.79 Å². The summed E-state index contributed by atoms with van der Waals surface area (Å²) >= 11 is 0. The van der Waals surface area contributed by atoms with Gasteiger partial charge in [-0.2, -0.15) is 0 Å². The topological polar surface area (TPSA) is 17.1 Å². The number of carbonyl (C=O) groups excluding carboxylic acids is 1. The fraction of sp³-hybridized carbons (Fsp3) is 0.500. The molecule has 4 aliphatic carbocycles. The Morgan fingerprint density at radius 2 is 1.16 bits per heavy atom. The van der Waals surface area contributed by atoms with E-state index in [1.165, 1.54) is 80.9 Å². The normalized spacial score (nSPS) is 29.3. The molecule has 162 valence electrons. The molecule has 1 heteroatoms. The number of fused-ring (bicyclic) bond motifs is 4. The summed E-state index contributed by atoms with van der Waals surface area (Å²) in [6.45, 7) is 4.21. The van der Waals surface area contributed by atoms with Crippen molar-refractivity contribution in [3.05, 3.63) is 82.9 Å². The maximum absolute atomic E-state index is 11.7. The maximum Gasteiger partial charge on any atom is 0.133 e. The molecule has 2 aromatic carbocycles. The summed E-state index contributed by atoms with van der Waals surface area (Å²) in [6, 6.07) is 17.8. The minimum atomic E-state index is 0.212. The number of allylic oxidation sites excluding steroid dienone is 1. The van der Waals surface area contributed by atoms with Crippen LogP contribution in [0.25, 0.3) is 0 Å². The number of hydrogen-bond acceptors (Lipinski definition) is 1. The summed E-state index contributed by atoms with van der Waals surface area (Å²) in [4.78, 5) is 11.7. The molecule has 31 heavy (non-hydrogen) atoms. The number of carbonyl (C=O) groups is 1. The molecular formula is C30H36O. The Labute approximate surface area is 188 Å². The van der Waals surface area contributed by atoms with Gasteiger partial charge in [-0.1, -0.05) is 60.7 Å². The van der Waals surface area contributed by atoms with Crippen molar-refractivity contribution in [1.29, 1.82) is 0 Å². The first-order chi connectivity index (χ1) is 15.1. The van der Waals surface area contributed by atoms with Crippen molar-refractivity contribution in [3.63, 3.8) is 0 Å². The van der Waals surface area contributed by atoms with Gasteiger partial charge < -0.3 is 0 Å². The average molecular weight is 413 g/mol. The zero-order chi connectivity index (χ0) is 21.3. The number of benzene rings is 2. The summed E-state index contributed by atoms with van der Waals surface area (Å²) in [5.74, 6) is 0.475. The van der Waals surface area contributed by atoms with Crippen LogP contribution in [0, 0.1) is 0 Å². The van der Waals surface area contributed by atoms with E-state index in [0.29, 0.717) is 11.2 Å². The highest BCUT2D eigenvalue weighted by atomic mass is 16.1. The van der Waals surface area contributed by atoms with Crippen LogP contribution in [0.5, 0.6) is 0 Å². The van der Waals surface area contributed by atoms with E-state index in [4.69, 9.17) is 0 Å². The number of aryl methyl sites for hydroxylation is 2. The van der Waals surface area contributed by atoms with Crippen molar-refractivity contribution in [2.45, 2.75) is 94.3 Å². The first-order valence-electron chi connectivity index (χ1n) is 12.5. The minimum Gasteiger partial charge on any atom is -0.300 e. The lowest BCUT2D eigenvalue weighted by Crippen LogP contribution is -2.36. The zero-order valence-corrected chi connectivity index (χ0v) is 18.9. The molecule has 2 atom stereocenters. The third kappa shape index (κ3) is 3.93. The first-order valence-corrected chi connectivity index (χ1v) is 12.5. The third-order valence-electron chi connectivity index (χ3n) is 8.57. The molecule has 0 heterocycles. The fourth-order valence-corrected chi connectivity index (χ4v) is 7.17. The Morgan fingerprint density at radius 3 is 1.81 bits per heavy atom. The SMILES string of the molecule is C=C1CCCC2(CCc3ccccc32)C1.O=C1CCCC2(CCCc3ccccc32)C1. The highest BCUT2D eigenvalue weighted by Gasteiger charge is 2.41. The van der Waals surface area contributed by atoms with Crippen LogP contribution in [0.4, 0.5) is 0 Å². The Balaban J connectivity index is 0.000000132. The predicted octanol–water partition coefficient (Wildman–Crippen LogP) is 7.40. The molecule has 0 amide bonds.